The smallest absolute Gasteiger partial charge is 0.127 e. The van der Waals surface area contributed by atoms with Crippen LogP contribution in [0.5, 0.6) is 11.5 Å². The molecule has 0 aromatic heterocycles. The third-order valence-electron chi connectivity index (χ3n) is 6.63. The monoisotopic (exact) mass is 344 g/mol. The van der Waals surface area contributed by atoms with Gasteiger partial charge in [0.2, 0.25) is 0 Å². The minimum atomic E-state index is -0.214. The summed E-state index contributed by atoms with van der Waals surface area (Å²) in [5, 5.41) is 10.2. The van der Waals surface area contributed by atoms with Gasteiger partial charge < -0.3 is 14.6 Å². The van der Waals surface area contributed by atoms with Crippen LogP contribution in [0, 0.1) is 24.2 Å². The zero-order chi connectivity index (χ0) is 18.2. The van der Waals surface area contributed by atoms with E-state index in [1.807, 2.05) is 19.1 Å². The first-order chi connectivity index (χ1) is 11.7. The first kappa shape index (κ1) is 18.3. The predicted molar refractivity (Wildman–Crippen MR) is 100 cm³/mol. The Labute approximate surface area is 151 Å². The van der Waals surface area contributed by atoms with Crippen molar-refractivity contribution in [3.8, 4) is 11.5 Å². The molecule has 3 heteroatoms. The Morgan fingerprint density at radius 2 is 2.04 bits per heavy atom. The molecule has 0 amide bonds. The molecule has 0 radical (unpaired) electrons. The Balaban J connectivity index is 1.73. The fourth-order valence-corrected chi connectivity index (χ4v) is 4.98. The summed E-state index contributed by atoms with van der Waals surface area (Å²) in [6, 6.07) is 3.84. The summed E-state index contributed by atoms with van der Waals surface area (Å²) in [4.78, 5) is 11.6. The lowest BCUT2D eigenvalue weighted by Gasteiger charge is -2.44. The van der Waals surface area contributed by atoms with E-state index in [9.17, 15) is 9.90 Å². The molecule has 0 unspecified atom stereocenters. The molecule has 1 N–H and O–H groups in total. The largest absolute Gasteiger partial charge is 0.508 e. The van der Waals surface area contributed by atoms with E-state index in [0.29, 0.717) is 11.7 Å². The molecule has 1 saturated carbocycles. The van der Waals surface area contributed by atoms with E-state index in [2.05, 4.69) is 20.8 Å². The van der Waals surface area contributed by atoms with E-state index in [4.69, 9.17) is 4.74 Å². The third-order valence-corrected chi connectivity index (χ3v) is 6.63. The number of hydrogen-bond acceptors (Lipinski definition) is 3. The van der Waals surface area contributed by atoms with Gasteiger partial charge in [-0.2, -0.15) is 0 Å². The second-order valence-electron chi connectivity index (χ2n) is 9.14. The summed E-state index contributed by atoms with van der Waals surface area (Å²) in [6.07, 6.45) is 8.33. The second-order valence-corrected chi connectivity index (χ2v) is 9.14. The SMILES string of the molecule is Cc1cc(O)c2c(c1)O[C@](C)(CC[C@@H]1[C@@H](C=O)CCCC1(C)C)CC2. The molecule has 2 aliphatic rings. The lowest BCUT2D eigenvalue weighted by molar-refractivity contribution is -0.116. The van der Waals surface area contributed by atoms with Gasteiger partial charge in [0.05, 0.1) is 0 Å². The maximum absolute atomic E-state index is 11.6. The maximum Gasteiger partial charge on any atom is 0.127 e. The molecule has 3 atom stereocenters. The van der Waals surface area contributed by atoms with Gasteiger partial charge in [-0.15, -0.1) is 0 Å². The van der Waals surface area contributed by atoms with Crippen LogP contribution in [0.3, 0.4) is 0 Å². The Hall–Kier alpha value is -1.51. The summed E-state index contributed by atoms with van der Waals surface area (Å²) in [6.45, 7) is 8.79. The van der Waals surface area contributed by atoms with Gasteiger partial charge >= 0.3 is 0 Å². The number of phenolic OH excluding ortho intramolecular Hbond substituents is 1. The number of fused-ring (bicyclic) bond motifs is 1. The molecule has 3 nitrogen and oxygen atoms in total. The Morgan fingerprint density at radius 1 is 1.28 bits per heavy atom. The molecule has 0 spiro atoms. The van der Waals surface area contributed by atoms with Crippen LogP contribution in [-0.4, -0.2) is 17.0 Å². The summed E-state index contributed by atoms with van der Waals surface area (Å²) in [5.41, 5.74) is 1.97. The van der Waals surface area contributed by atoms with E-state index >= 15 is 0 Å². The van der Waals surface area contributed by atoms with Crippen LogP contribution in [0.2, 0.25) is 0 Å². The van der Waals surface area contributed by atoms with Crippen LogP contribution in [0.25, 0.3) is 0 Å². The Kier molecular flexibility index (Phi) is 4.87. The highest BCUT2D eigenvalue weighted by Gasteiger charge is 2.41. The fourth-order valence-electron chi connectivity index (χ4n) is 4.98. The van der Waals surface area contributed by atoms with Crippen molar-refractivity contribution >= 4 is 6.29 Å². The number of rotatable bonds is 4. The molecule has 1 fully saturated rings. The Bertz CT molecular complexity index is 649. The summed E-state index contributed by atoms with van der Waals surface area (Å²) >= 11 is 0. The number of aryl methyl sites for hydroxylation is 1. The third kappa shape index (κ3) is 3.70. The number of ether oxygens (including phenoxy) is 1. The lowest BCUT2D eigenvalue weighted by Crippen LogP contribution is -2.40. The number of aromatic hydroxyl groups is 1. The molecular formula is C22H32O3. The van der Waals surface area contributed by atoms with Gasteiger partial charge in [-0.05, 0) is 81.4 Å². The number of aldehydes is 1. The number of hydrogen-bond donors (Lipinski definition) is 1. The van der Waals surface area contributed by atoms with E-state index in [1.165, 1.54) is 12.7 Å². The van der Waals surface area contributed by atoms with Crippen molar-refractivity contribution in [3.63, 3.8) is 0 Å². The van der Waals surface area contributed by atoms with Crippen LogP contribution in [0.1, 0.15) is 70.4 Å². The fraction of sp³-hybridized carbons (Fsp3) is 0.682. The molecule has 0 saturated heterocycles. The summed E-state index contributed by atoms with van der Waals surface area (Å²) < 4.78 is 6.36. The molecule has 1 aromatic rings. The van der Waals surface area contributed by atoms with Gasteiger partial charge in [0.15, 0.2) is 0 Å². The molecule has 138 valence electrons. The van der Waals surface area contributed by atoms with Crippen molar-refractivity contribution in [3.05, 3.63) is 23.3 Å². The second kappa shape index (κ2) is 6.66. The molecule has 1 aliphatic carbocycles. The minimum Gasteiger partial charge on any atom is -0.508 e. The average Bonchev–Trinajstić information content (AvgIpc) is 2.52. The van der Waals surface area contributed by atoms with Crippen molar-refractivity contribution < 1.29 is 14.6 Å². The van der Waals surface area contributed by atoms with Gasteiger partial charge in [-0.1, -0.05) is 20.3 Å². The Morgan fingerprint density at radius 3 is 2.76 bits per heavy atom. The molecule has 25 heavy (non-hydrogen) atoms. The molecule has 1 aliphatic heterocycles. The van der Waals surface area contributed by atoms with Crippen LogP contribution in [-0.2, 0) is 11.2 Å². The normalized spacial score (nSPS) is 31.0. The van der Waals surface area contributed by atoms with Gasteiger partial charge in [-0.25, -0.2) is 0 Å². The highest BCUT2D eigenvalue weighted by Crippen LogP contribution is 2.48. The van der Waals surface area contributed by atoms with E-state index in [1.54, 1.807) is 0 Å². The summed E-state index contributed by atoms with van der Waals surface area (Å²) in [7, 11) is 0. The van der Waals surface area contributed by atoms with E-state index in [-0.39, 0.29) is 16.9 Å². The molecule has 3 rings (SSSR count). The van der Waals surface area contributed by atoms with Crippen molar-refractivity contribution in [1.82, 2.24) is 0 Å². The highest BCUT2D eigenvalue weighted by atomic mass is 16.5. The van der Waals surface area contributed by atoms with Gasteiger partial charge in [0.25, 0.3) is 0 Å². The zero-order valence-electron chi connectivity index (χ0n) is 16.1. The van der Waals surface area contributed by atoms with Crippen LogP contribution in [0.4, 0.5) is 0 Å². The first-order valence-electron chi connectivity index (χ1n) is 9.71. The van der Waals surface area contributed by atoms with Gasteiger partial charge in [0.1, 0.15) is 23.4 Å². The average molecular weight is 344 g/mol. The highest BCUT2D eigenvalue weighted by molar-refractivity contribution is 5.54. The van der Waals surface area contributed by atoms with E-state index in [0.717, 1.165) is 55.4 Å². The topological polar surface area (TPSA) is 46.5 Å². The van der Waals surface area contributed by atoms with Crippen molar-refractivity contribution in [2.45, 2.75) is 78.2 Å². The number of benzene rings is 1. The maximum atomic E-state index is 11.6. The van der Waals surface area contributed by atoms with Crippen LogP contribution in [0.15, 0.2) is 12.1 Å². The lowest BCUT2D eigenvalue weighted by atomic mass is 9.62. The zero-order valence-corrected chi connectivity index (χ0v) is 16.1. The molecule has 1 aromatic carbocycles. The predicted octanol–water partition coefficient (Wildman–Crippen LogP) is 5.21. The molecular weight excluding hydrogens is 312 g/mol. The standard InChI is InChI=1S/C22H32O3/c1-15-12-19(24)17-7-10-22(4,25-20(17)13-15)11-8-18-16(14-23)6-5-9-21(18,2)3/h12-14,16,18,24H,5-11H2,1-4H3/t16-,18-,22+/m1/s1. The van der Waals surface area contributed by atoms with Gasteiger partial charge in [-0.3, -0.25) is 0 Å². The number of carbonyl (C=O) groups excluding carboxylic acids is 1. The van der Waals surface area contributed by atoms with Gasteiger partial charge in [0, 0.05) is 11.5 Å². The number of phenols is 1. The quantitative estimate of drug-likeness (QED) is 0.763. The molecule has 1 heterocycles. The first-order valence-corrected chi connectivity index (χ1v) is 9.71. The minimum absolute atomic E-state index is 0.189. The van der Waals surface area contributed by atoms with Crippen molar-refractivity contribution in [2.24, 2.45) is 17.3 Å². The number of carbonyl (C=O) groups is 1. The van der Waals surface area contributed by atoms with Crippen LogP contribution < -0.4 is 4.74 Å². The van der Waals surface area contributed by atoms with E-state index < -0.39 is 0 Å². The summed E-state index contributed by atoms with van der Waals surface area (Å²) in [5.74, 6) is 1.81. The molecule has 0 bridgehead atoms. The van der Waals surface area contributed by atoms with Crippen molar-refractivity contribution in [2.75, 3.05) is 0 Å². The van der Waals surface area contributed by atoms with Crippen molar-refractivity contribution in [1.29, 1.82) is 0 Å². The van der Waals surface area contributed by atoms with Crippen LogP contribution >= 0.6 is 0 Å².